The molecule has 8 heteroatoms. The molecule has 0 amide bonds. The molecule has 2 aromatic heterocycles. The molecule has 1 fully saturated rings. The topological polar surface area (TPSA) is 103 Å². The minimum absolute atomic E-state index is 0.272. The lowest BCUT2D eigenvalue weighted by Crippen LogP contribution is -2.38. The van der Waals surface area contributed by atoms with E-state index in [1.807, 2.05) is 12.1 Å². The normalized spacial score (nSPS) is 14.9. The maximum atomic E-state index is 8.84. The highest BCUT2D eigenvalue weighted by Gasteiger charge is 2.20. The van der Waals surface area contributed by atoms with Gasteiger partial charge in [0, 0.05) is 17.7 Å². The highest BCUT2D eigenvalue weighted by Crippen LogP contribution is 2.32. The van der Waals surface area contributed by atoms with E-state index < -0.39 is 0 Å². The van der Waals surface area contributed by atoms with E-state index in [1.54, 1.807) is 7.11 Å². The zero-order valence-electron chi connectivity index (χ0n) is 19.5. The minimum Gasteiger partial charge on any atom is -0.496 e. The number of nitrogens with zero attached hydrogens (tertiary/aromatic N) is 5. The van der Waals surface area contributed by atoms with Crippen LogP contribution in [0.4, 0.5) is 11.6 Å². The van der Waals surface area contributed by atoms with Gasteiger partial charge in [-0.25, -0.2) is 9.97 Å². The summed E-state index contributed by atoms with van der Waals surface area (Å²) in [7, 11) is 1.70. The van der Waals surface area contributed by atoms with Gasteiger partial charge >= 0.3 is 0 Å². The zero-order valence-corrected chi connectivity index (χ0v) is 19.5. The summed E-state index contributed by atoms with van der Waals surface area (Å²) in [5.41, 5.74) is 3.38. The third kappa shape index (κ3) is 5.68. The van der Waals surface area contributed by atoms with Crippen molar-refractivity contribution in [3.05, 3.63) is 47.9 Å². The second-order valence-electron chi connectivity index (χ2n) is 8.84. The van der Waals surface area contributed by atoms with Crippen molar-refractivity contribution in [2.24, 2.45) is 5.92 Å². The summed E-state index contributed by atoms with van der Waals surface area (Å²) in [6, 6.07) is 10.9. The molecule has 4 rings (SSSR count). The number of nitrogens with one attached hydrogen (secondary N) is 2. The van der Waals surface area contributed by atoms with Crippen molar-refractivity contribution in [2.45, 2.75) is 45.6 Å². The number of hydrogen-bond acceptors (Lipinski definition) is 7. The minimum atomic E-state index is 0.272. The number of rotatable bonds is 8. The number of aromatic nitrogens is 4. The van der Waals surface area contributed by atoms with Gasteiger partial charge in [0.25, 0.3) is 0 Å². The van der Waals surface area contributed by atoms with Gasteiger partial charge in [0.15, 0.2) is 11.5 Å². The monoisotopic (exact) mass is 445 g/mol. The largest absolute Gasteiger partial charge is 0.496 e. The van der Waals surface area contributed by atoms with E-state index in [0.29, 0.717) is 17.7 Å². The number of aryl methyl sites for hydroxylation is 1. The van der Waals surface area contributed by atoms with E-state index in [4.69, 9.17) is 10.00 Å². The number of hydrogen-bond donors (Lipinski definition) is 2. The number of likely N-dealkylation sites (tertiary alicyclic amines) is 1. The predicted molar refractivity (Wildman–Crippen MR) is 128 cm³/mol. The van der Waals surface area contributed by atoms with Gasteiger partial charge < -0.3 is 15.0 Å². The highest BCUT2D eigenvalue weighted by molar-refractivity contribution is 5.71. The standard InChI is InChI=1S/C25H31N7O/c1-17(2)32-10-8-18(9-11-32)4-5-19-6-7-21(23(12-19)33-3)22-13-24(31-30-22)29-25-16-27-20(14-26)15-28-25/h6-7,12-13,15-18H,4-5,8-11H2,1-3H3,(H2,28,29,30,31). The molecule has 0 aliphatic carbocycles. The molecule has 2 N–H and O–H groups in total. The molecule has 0 saturated carbocycles. The Hall–Kier alpha value is -3.44. The predicted octanol–water partition coefficient (Wildman–Crippen LogP) is 4.54. The summed E-state index contributed by atoms with van der Waals surface area (Å²) >= 11 is 0. The number of aromatic amines is 1. The van der Waals surface area contributed by atoms with Crippen LogP contribution in [0.3, 0.4) is 0 Å². The van der Waals surface area contributed by atoms with E-state index >= 15 is 0 Å². The Kier molecular flexibility index (Phi) is 7.20. The summed E-state index contributed by atoms with van der Waals surface area (Å²) in [5, 5.41) is 19.3. The van der Waals surface area contributed by atoms with E-state index in [2.05, 4.69) is 62.4 Å². The van der Waals surface area contributed by atoms with Gasteiger partial charge in [-0.3, -0.25) is 5.10 Å². The smallest absolute Gasteiger partial charge is 0.158 e. The van der Waals surface area contributed by atoms with Crippen molar-refractivity contribution >= 4 is 11.6 Å². The van der Waals surface area contributed by atoms with Crippen LogP contribution in [0, 0.1) is 17.2 Å². The molecule has 1 aromatic carbocycles. The molecule has 0 bridgehead atoms. The van der Waals surface area contributed by atoms with E-state index in [0.717, 1.165) is 29.3 Å². The van der Waals surface area contributed by atoms with Gasteiger partial charge in [-0.2, -0.15) is 10.4 Å². The Morgan fingerprint density at radius 1 is 1.18 bits per heavy atom. The highest BCUT2D eigenvalue weighted by atomic mass is 16.5. The second kappa shape index (κ2) is 10.5. The van der Waals surface area contributed by atoms with Gasteiger partial charge in [-0.05, 0) is 76.2 Å². The third-order valence-electron chi connectivity index (χ3n) is 6.38. The summed E-state index contributed by atoms with van der Waals surface area (Å²) in [6.45, 7) is 7.01. The van der Waals surface area contributed by atoms with E-state index in [9.17, 15) is 0 Å². The molecule has 0 radical (unpaired) electrons. The molecule has 172 valence electrons. The number of benzene rings is 1. The van der Waals surface area contributed by atoms with Crippen LogP contribution >= 0.6 is 0 Å². The Labute approximate surface area is 195 Å². The van der Waals surface area contributed by atoms with Gasteiger partial charge in [0.05, 0.1) is 25.2 Å². The summed E-state index contributed by atoms with van der Waals surface area (Å²) < 4.78 is 5.70. The van der Waals surface area contributed by atoms with Crippen LogP contribution in [0.1, 0.15) is 44.4 Å². The van der Waals surface area contributed by atoms with Crippen molar-refractivity contribution in [3.8, 4) is 23.1 Å². The first kappa shape index (κ1) is 22.7. The molecule has 3 heterocycles. The van der Waals surface area contributed by atoms with E-state index in [1.165, 1.54) is 50.3 Å². The average Bonchev–Trinajstić information content (AvgIpc) is 3.31. The molecular weight excluding hydrogens is 414 g/mol. The molecule has 1 aliphatic heterocycles. The molecule has 1 aliphatic rings. The molecule has 0 unspecified atom stereocenters. The second-order valence-corrected chi connectivity index (χ2v) is 8.84. The van der Waals surface area contributed by atoms with Crippen molar-refractivity contribution in [2.75, 3.05) is 25.5 Å². The molecule has 3 aromatic rings. The summed E-state index contributed by atoms with van der Waals surface area (Å²) in [5.74, 6) is 2.77. The van der Waals surface area contributed by atoms with Gasteiger partial charge in [-0.1, -0.05) is 6.07 Å². The fourth-order valence-corrected chi connectivity index (χ4v) is 4.35. The number of piperidine rings is 1. The lowest BCUT2D eigenvalue weighted by Gasteiger charge is -2.34. The SMILES string of the molecule is COc1cc(CCC2CCN(C(C)C)CC2)ccc1-c1cc(Nc2cnc(C#N)cn2)n[nH]1. The first-order valence-corrected chi connectivity index (χ1v) is 11.5. The Morgan fingerprint density at radius 3 is 2.67 bits per heavy atom. The van der Waals surface area contributed by atoms with Crippen molar-refractivity contribution < 1.29 is 4.74 Å². The first-order chi connectivity index (χ1) is 16.1. The number of H-pyrrole nitrogens is 1. The number of methoxy groups -OCH3 is 1. The molecular formula is C25H31N7O. The van der Waals surface area contributed by atoms with Gasteiger partial charge in [-0.15, -0.1) is 0 Å². The lowest BCUT2D eigenvalue weighted by atomic mass is 9.90. The van der Waals surface area contributed by atoms with Crippen LogP contribution in [0.15, 0.2) is 36.7 Å². The fraction of sp³-hybridized carbons (Fsp3) is 0.440. The van der Waals surface area contributed by atoms with Crippen LogP contribution in [0.2, 0.25) is 0 Å². The number of ether oxygens (including phenoxy) is 1. The molecule has 0 spiro atoms. The van der Waals surface area contributed by atoms with Crippen LogP contribution in [-0.4, -0.2) is 51.3 Å². The summed E-state index contributed by atoms with van der Waals surface area (Å²) in [4.78, 5) is 10.8. The molecule has 0 atom stereocenters. The Morgan fingerprint density at radius 2 is 2.00 bits per heavy atom. The number of nitriles is 1. The number of anilines is 2. The van der Waals surface area contributed by atoms with Crippen LogP contribution < -0.4 is 10.1 Å². The zero-order chi connectivity index (χ0) is 23.2. The average molecular weight is 446 g/mol. The van der Waals surface area contributed by atoms with Crippen LogP contribution in [0.5, 0.6) is 5.75 Å². The maximum absolute atomic E-state index is 8.84. The summed E-state index contributed by atoms with van der Waals surface area (Å²) in [6.07, 6.45) is 7.80. The third-order valence-corrected chi connectivity index (χ3v) is 6.38. The fourth-order valence-electron chi connectivity index (χ4n) is 4.35. The van der Waals surface area contributed by atoms with Gasteiger partial charge in [0.2, 0.25) is 0 Å². The first-order valence-electron chi connectivity index (χ1n) is 11.5. The molecule has 33 heavy (non-hydrogen) atoms. The van der Waals surface area contributed by atoms with Crippen molar-refractivity contribution in [1.82, 2.24) is 25.1 Å². The maximum Gasteiger partial charge on any atom is 0.158 e. The lowest BCUT2D eigenvalue weighted by molar-refractivity contribution is 0.146. The van der Waals surface area contributed by atoms with Crippen LogP contribution in [0.25, 0.3) is 11.3 Å². The van der Waals surface area contributed by atoms with Crippen LogP contribution in [-0.2, 0) is 6.42 Å². The Bertz CT molecular complexity index is 1090. The Balaban J connectivity index is 1.38. The van der Waals surface area contributed by atoms with Gasteiger partial charge in [0.1, 0.15) is 17.6 Å². The van der Waals surface area contributed by atoms with Crippen molar-refractivity contribution in [1.29, 1.82) is 5.26 Å². The van der Waals surface area contributed by atoms with Crippen molar-refractivity contribution in [3.63, 3.8) is 0 Å². The molecule has 1 saturated heterocycles. The quantitative estimate of drug-likeness (QED) is 0.524. The van der Waals surface area contributed by atoms with E-state index in [-0.39, 0.29) is 5.69 Å². The molecule has 8 nitrogen and oxygen atoms in total.